The first kappa shape index (κ1) is 20.9. The second-order valence-corrected chi connectivity index (χ2v) is 7.91. The van der Waals surface area contributed by atoms with Gasteiger partial charge in [-0.15, -0.1) is 0 Å². The number of amides is 3. The first-order valence-electron chi connectivity index (χ1n) is 9.92. The van der Waals surface area contributed by atoms with Crippen LogP contribution in [0.25, 0.3) is 0 Å². The fourth-order valence-electron chi connectivity index (χ4n) is 3.54. The van der Waals surface area contributed by atoms with Crippen LogP contribution < -0.4 is 16.0 Å². The van der Waals surface area contributed by atoms with E-state index in [1.807, 2.05) is 0 Å². The molecule has 7 nitrogen and oxygen atoms in total. The van der Waals surface area contributed by atoms with E-state index in [0.29, 0.717) is 23.7 Å². The lowest BCUT2D eigenvalue weighted by Gasteiger charge is -2.37. The highest BCUT2D eigenvalue weighted by Crippen LogP contribution is 2.28. The standard InChI is InChI=1S/C20H28ClN3O4/c21-14-4-6-15(7-5-14)23-20(27)22-11-10-16-8-9-17(18(12-25)28-16)24-19(26)13-2-1-3-13/h4-7,13,16-18,25H,1-3,8-12H2,(H,24,26)(H2,22,23,27)/t16-,17+,18-/m1/s1. The molecule has 1 aromatic rings. The maximum absolute atomic E-state index is 12.1. The van der Waals surface area contributed by atoms with E-state index in [-0.39, 0.29) is 36.6 Å². The Morgan fingerprint density at radius 2 is 1.89 bits per heavy atom. The molecule has 2 aliphatic rings. The van der Waals surface area contributed by atoms with Crippen LogP contribution in [0.1, 0.15) is 38.5 Å². The summed E-state index contributed by atoms with van der Waals surface area (Å²) in [5.41, 5.74) is 0.668. The molecular weight excluding hydrogens is 382 g/mol. The van der Waals surface area contributed by atoms with Crippen molar-refractivity contribution in [2.24, 2.45) is 5.92 Å². The van der Waals surface area contributed by atoms with Crippen molar-refractivity contribution in [1.29, 1.82) is 0 Å². The fraction of sp³-hybridized carbons (Fsp3) is 0.600. The molecule has 154 valence electrons. The lowest BCUT2D eigenvalue weighted by Crippen LogP contribution is -2.53. The normalized spacial score (nSPS) is 24.9. The zero-order valence-electron chi connectivity index (χ0n) is 15.8. The van der Waals surface area contributed by atoms with Gasteiger partial charge in [-0.1, -0.05) is 18.0 Å². The second-order valence-electron chi connectivity index (χ2n) is 7.48. The summed E-state index contributed by atoms with van der Waals surface area (Å²) in [4.78, 5) is 24.1. The highest BCUT2D eigenvalue weighted by Gasteiger charge is 2.34. The van der Waals surface area contributed by atoms with Crippen LogP contribution in [0.2, 0.25) is 5.02 Å². The third-order valence-corrected chi connectivity index (χ3v) is 5.71. The summed E-state index contributed by atoms with van der Waals surface area (Å²) < 4.78 is 5.94. The number of hydrogen-bond acceptors (Lipinski definition) is 4. The molecule has 1 aliphatic carbocycles. The van der Waals surface area contributed by atoms with Crippen LogP contribution in [0.5, 0.6) is 0 Å². The number of hydrogen-bond donors (Lipinski definition) is 4. The lowest BCUT2D eigenvalue weighted by molar-refractivity contribution is -0.134. The predicted octanol–water partition coefficient (Wildman–Crippen LogP) is 2.68. The number of carbonyl (C=O) groups is 2. The van der Waals surface area contributed by atoms with Gasteiger partial charge in [-0.3, -0.25) is 4.79 Å². The Kier molecular flexibility index (Phi) is 7.53. The average Bonchev–Trinajstić information content (AvgIpc) is 2.63. The van der Waals surface area contributed by atoms with Crippen LogP contribution in [-0.2, 0) is 9.53 Å². The predicted molar refractivity (Wildman–Crippen MR) is 107 cm³/mol. The number of aliphatic hydroxyl groups is 1. The van der Waals surface area contributed by atoms with E-state index >= 15 is 0 Å². The topological polar surface area (TPSA) is 99.7 Å². The highest BCUT2D eigenvalue weighted by atomic mass is 35.5. The molecule has 4 N–H and O–H groups in total. The molecule has 0 radical (unpaired) electrons. The van der Waals surface area contributed by atoms with Crippen LogP contribution in [0.4, 0.5) is 10.5 Å². The Labute approximate surface area is 170 Å². The third kappa shape index (κ3) is 5.83. The minimum Gasteiger partial charge on any atom is -0.394 e. The van der Waals surface area contributed by atoms with E-state index in [1.54, 1.807) is 24.3 Å². The Hall–Kier alpha value is -1.83. The van der Waals surface area contributed by atoms with Gasteiger partial charge in [-0.2, -0.15) is 0 Å². The molecule has 3 rings (SSSR count). The molecule has 3 amide bonds. The SMILES string of the molecule is O=C(NCC[C@H]1CC[C@H](NC(=O)C2CCC2)[C@@H](CO)O1)Nc1ccc(Cl)cc1. The maximum atomic E-state index is 12.1. The van der Waals surface area contributed by atoms with E-state index in [1.165, 1.54) is 0 Å². The quantitative estimate of drug-likeness (QED) is 0.556. The number of urea groups is 1. The number of benzene rings is 1. The summed E-state index contributed by atoms with van der Waals surface area (Å²) in [6.45, 7) is 0.331. The maximum Gasteiger partial charge on any atom is 0.319 e. The van der Waals surface area contributed by atoms with Gasteiger partial charge < -0.3 is 25.8 Å². The average molecular weight is 410 g/mol. The molecule has 28 heavy (non-hydrogen) atoms. The summed E-state index contributed by atoms with van der Waals surface area (Å²) in [7, 11) is 0. The van der Waals surface area contributed by atoms with E-state index in [9.17, 15) is 14.7 Å². The molecule has 1 aromatic carbocycles. The molecule has 2 fully saturated rings. The van der Waals surface area contributed by atoms with Crippen molar-refractivity contribution in [2.45, 2.75) is 56.8 Å². The van der Waals surface area contributed by atoms with Gasteiger partial charge in [0.25, 0.3) is 0 Å². The van der Waals surface area contributed by atoms with Gasteiger partial charge in [0.15, 0.2) is 0 Å². The van der Waals surface area contributed by atoms with Crippen LogP contribution in [0, 0.1) is 5.92 Å². The van der Waals surface area contributed by atoms with Crippen molar-refractivity contribution in [3.8, 4) is 0 Å². The summed E-state index contributed by atoms with van der Waals surface area (Å²) in [6, 6.07) is 6.45. The molecule has 1 saturated heterocycles. The molecule has 0 unspecified atom stereocenters. The van der Waals surface area contributed by atoms with Crippen LogP contribution >= 0.6 is 11.6 Å². The molecular formula is C20H28ClN3O4. The van der Waals surface area contributed by atoms with E-state index in [4.69, 9.17) is 16.3 Å². The van der Waals surface area contributed by atoms with E-state index < -0.39 is 6.10 Å². The molecule has 3 atom stereocenters. The van der Waals surface area contributed by atoms with Crippen molar-refractivity contribution < 1.29 is 19.4 Å². The number of rotatable bonds is 7. The zero-order chi connectivity index (χ0) is 19.9. The largest absolute Gasteiger partial charge is 0.394 e. The van der Waals surface area contributed by atoms with E-state index in [2.05, 4.69) is 16.0 Å². The number of nitrogens with one attached hydrogen (secondary N) is 3. The Morgan fingerprint density at radius 3 is 2.54 bits per heavy atom. The van der Waals surface area contributed by atoms with Gasteiger partial charge in [-0.25, -0.2) is 4.79 Å². The number of anilines is 1. The lowest BCUT2D eigenvalue weighted by atomic mass is 9.84. The zero-order valence-corrected chi connectivity index (χ0v) is 16.6. The second kappa shape index (κ2) is 10.1. The van der Waals surface area contributed by atoms with Gasteiger partial charge in [0, 0.05) is 23.2 Å². The van der Waals surface area contributed by atoms with Gasteiger partial charge >= 0.3 is 6.03 Å². The molecule has 0 aromatic heterocycles. The number of halogens is 1. The molecule has 1 heterocycles. The van der Waals surface area contributed by atoms with Gasteiger partial charge in [0.2, 0.25) is 5.91 Å². The molecule has 8 heteroatoms. The number of carbonyl (C=O) groups excluding carboxylic acids is 2. The number of aliphatic hydroxyl groups excluding tert-OH is 1. The highest BCUT2D eigenvalue weighted by molar-refractivity contribution is 6.30. The minimum absolute atomic E-state index is 0.0511. The van der Waals surface area contributed by atoms with Crippen LogP contribution in [0.15, 0.2) is 24.3 Å². The summed E-state index contributed by atoms with van der Waals surface area (Å²) in [5.74, 6) is 0.206. The van der Waals surface area contributed by atoms with Crippen molar-refractivity contribution in [3.63, 3.8) is 0 Å². The van der Waals surface area contributed by atoms with Crippen molar-refractivity contribution in [2.75, 3.05) is 18.5 Å². The number of ether oxygens (including phenoxy) is 1. The van der Waals surface area contributed by atoms with Gasteiger partial charge in [0.1, 0.15) is 6.10 Å². The summed E-state index contributed by atoms with van der Waals surface area (Å²) in [5, 5.41) is 18.8. The van der Waals surface area contributed by atoms with Gasteiger partial charge in [-0.05, 0) is 56.4 Å². The van der Waals surface area contributed by atoms with Crippen molar-refractivity contribution >= 4 is 29.2 Å². The van der Waals surface area contributed by atoms with Crippen molar-refractivity contribution in [3.05, 3.63) is 29.3 Å². The molecule has 0 spiro atoms. The monoisotopic (exact) mass is 409 g/mol. The van der Waals surface area contributed by atoms with Crippen molar-refractivity contribution in [1.82, 2.24) is 10.6 Å². The first-order chi connectivity index (χ1) is 13.5. The Morgan fingerprint density at radius 1 is 1.14 bits per heavy atom. The molecule has 1 saturated carbocycles. The third-order valence-electron chi connectivity index (χ3n) is 5.45. The Bertz CT molecular complexity index is 666. The van der Waals surface area contributed by atoms with Crippen LogP contribution in [0.3, 0.4) is 0 Å². The van der Waals surface area contributed by atoms with Crippen LogP contribution in [-0.4, -0.2) is 48.4 Å². The first-order valence-corrected chi connectivity index (χ1v) is 10.3. The summed E-state index contributed by atoms with van der Waals surface area (Å²) >= 11 is 5.82. The molecule has 0 bridgehead atoms. The minimum atomic E-state index is -0.398. The van der Waals surface area contributed by atoms with Gasteiger partial charge in [0.05, 0.1) is 18.8 Å². The van der Waals surface area contributed by atoms with E-state index in [0.717, 1.165) is 32.1 Å². The fourth-order valence-corrected chi connectivity index (χ4v) is 3.66. The smallest absolute Gasteiger partial charge is 0.319 e. The summed E-state index contributed by atoms with van der Waals surface area (Å²) in [6.07, 6.45) is 4.77. The molecule has 1 aliphatic heterocycles. The Balaban J connectivity index is 1.36.